The van der Waals surface area contributed by atoms with Crippen molar-refractivity contribution in [1.82, 2.24) is 10.2 Å². The van der Waals surface area contributed by atoms with Gasteiger partial charge in [0.1, 0.15) is 0 Å². The monoisotopic (exact) mass is 226 g/mol. The number of nitrogens with zero attached hydrogens (tertiary/aromatic N) is 1. The lowest BCUT2D eigenvalue weighted by Gasteiger charge is -2.30. The van der Waals surface area contributed by atoms with Crippen LogP contribution in [-0.2, 0) is 0 Å². The average molecular weight is 226 g/mol. The van der Waals surface area contributed by atoms with Crippen LogP contribution in [0.3, 0.4) is 0 Å². The Bertz CT molecular complexity index is 178. The Morgan fingerprint density at radius 3 is 2.31 bits per heavy atom. The Balaban J connectivity index is 2.08. The van der Waals surface area contributed by atoms with E-state index in [1.54, 1.807) is 0 Å². The lowest BCUT2D eigenvalue weighted by molar-refractivity contribution is 0.207. The van der Waals surface area contributed by atoms with Crippen LogP contribution in [0.25, 0.3) is 0 Å². The lowest BCUT2D eigenvalue weighted by Crippen LogP contribution is -2.42. The third-order valence-corrected chi connectivity index (χ3v) is 3.35. The summed E-state index contributed by atoms with van der Waals surface area (Å²) in [4.78, 5) is 2.61. The van der Waals surface area contributed by atoms with Crippen molar-refractivity contribution in [3.8, 4) is 0 Å². The molecule has 2 nitrogen and oxygen atoms in total. The van der Waals surface area contributed by atoms with E-state index < -0.39 is 0 Å². The van der Waals surface area contributed by atoms with Crippen LogP contribution in [0, 0.1) is 5.41 Å². The maximum absolute atomic E-state index is 3.64. The number of piperidine rings is 1. The molecule has 0 aliphatic carbocycles. The third-order valence-electron chi connectivity index (χ3n) is 3.35. The van der Waals surface area contributed by atoms with Crippen LogP contribution < -0.4 is 5.32 Å². The molecule has 1 N–H and O–H groups in total. The molecule has 1 unspecified atom stereocenters. The molecule has 1 atom stereocenters. The highest BCUT2D eigenvalue weighted by atomic mass is 15.1. The summed E-state index contributed by atoms with van der Waals surface area (Å²) in [5.74, 6) is 0. The van der Waals surface area contributed by atoms with E-state index in [1.807, 2.05) is 0 Å². The van der Waals surface area contributed by atoms with Gasteiger partial charge in [-0.15, -0.1) is 0 Å². The Morgan fingerprint density at radius 2 is 1.75 bits per heavy atom. The summed E-state index contributed by atoms with van der Waals surface area (Å²) in [5.41, 5.74) is 0.456. The van der Waals surface area contributed by atoms with Crippen LogP contribution in [0.15, 0.2) is 0 Å². The van der Waals surface area contributed by atoms with E-state index >= 15 is 0 Å². The highest BCUT2D eigenvalue weighted by Gasteiger charge is 2.14. The van der Waals surface area contributed by atoms with Crippen LogP contribution in [0.1, 0.15) is 53.4 Å². The number of nitrogens with one attached hydrogen (secondary N) is 1. The predicted molar refractivity (Wildman–Crippen MR) is 71.8 cm³/mol. The molecule has 0 amide bonds. The second-order valence-corrected chi connectivity index (χ2v) is 6.53. The predicted octanol–water partition coefficient (Wildman–Crippen LogP) is 2.89. The summed E-state index contributed by atoms with van der Waals surface area (Å²) >= 11 is 0. The van der Waals surface area contributed by atoms with Crippen LogP contribution in [0.4, 0.5) is 0 Å². The molecule has 0 bridgehead atoms. The highest BCUT2D eigenvalue weighted by Crippen LogP contribution is 2.17. The number of rotatable bonds is 5. The molecule has 1 fully saturated rings. The van der Waals surface area contributed by atoms with Crippen molar-refractivity contribution in [3.63, 3.8) is 0 Å². The number of hydrogen-bond donors (Lipinski definition) is 1. The van der Waals surface area contributed by atoms with Gasteiger partial charge in [0.15, 0.2) is 0 Å². The van der Waals surface area contributed by atoms with Gasteiger partial charge in [0, 0.05) is 12.6 Å². The van der Waals surface area contributed by atoms with Gasteiger partial charge in [-0.1, -0.05) is 27.2 Å². The Kier molecular flexibility index (Phi) is 5.77. The molecule has 16 heavy (non-hydrogen) atoms. The summed E-state index contributed by atoms with van der Waals surface area (Å²) in [5, 5.41) is 3.64. The number of hydrogen-bond acceptors (Lipinski definition) is 2. The maximum Gasteiger partial charge on any atom is 0.0166 e. The zero-order valence-corrected chi connectivity index (χ0v) is 11.7. The van der Waals surface area contributed by atoms with E-state index in [2.05, 4.69) is 37.9 Å². The Hall–Kier alpha value is -0.0800. The molecule has 1 rings (SSSR count). The summed E-state index contributed by atoms with van der Waals surface area (Å²) in [6.45, 7) is 14.2. The van der Waals surface area contributed by atoms with Crippen LogP contribution in [-0.4, -0.2) is 37.1 Å². The van der Waals surface area contributed by atoms with Gasteiger partial charge in [-0.2, -0.15) is 0 Å². The second-order valence-electron chi connectivity index (χ2n) is 6.53. The molecule has 0 radical (unpaired) electrons. The van der Waals surface area contributed by atoms with Gasteiger partial charge in [-0.05, 0) is 51.2 Å². The molecule has 96 valence electrons. The second kappa shape index (κ2) is 6.61. The molecular weight excluding hydrogens is 196 g/mol. The van der Waals surface area contributed by atoms with E-state index in [4.69, 9.17) is 0 Å². The lowest BCUT2D eigenvalue weighted by atomic mass is 9.92. The van der Waals surface area contributed by atoms with Crippen molar-refractivity contribution in [2.75, 3.05) is 26.2 Å². The fourth-order valence-electron chi connectivity index (χ4n) is 2.29. The first-order chi connectivity index (χ1) is 7.47. The van der Waals surface area contributed by atoms with Crippen LogP contribution in [0.5, 0.6) is 0 Å². The van der Waals surface area contributed by atoms with Gasteiger partial charge in [0.2, 0.25) is 0 Å². The molecule has 0 aromatic heterocycles. The first-order valence-corrected chi connectivity index (χ1v) is 6.93. The highest BCUT2D eigenvalue weighted by molar-refractivity contribution is 4.72. The van der Waals surface area contributed by atoms with E-state index in [0.717, 1.165) is 6.54 Å². The van der Waals surface area contributed by atoms with Gasteiger partial charge >= 0.3 is 0 Å². The maximum atomic E-state index is 3.64. The molecule has 0 saturated carbocycles. The van der Waals surface area contributed by atoms with Crippen molar-refractivity contribution < 1.29 is 0 Å². The Labute approximate surface area is 102 Å². The molecule has 1 heterocycles. The van der Waals surface area contributed by atoms with Crippen molar-refractivity contribution in [2.24, 2.45) is 5.41 Å². The molecule has 0 aromatic rings. The van der Waals surface area contributed by atoms with Gasteiger partial charge in [0.05, 0.1) is 0 Å². The summed E-state index contributed by atoms with van der Waals surface area (Å²) in [6, 6.07) is 0.639. The first-order valence-electron chi connectivity index (χ1n) is 6.93. The normalized spacial score (nSPS) is 21.0. The minimum atomic E-state index is 0.456. The largest absolute Gasteiger partial charge is 0.313 e. The quantitative estimate of drug-likeness (QED) is 0.775. The summed E-state index contributed by atoms with van der Waals surface area (Å²) < 4.78 is 0. The van der Waals surface area contributed by atoms with Crippen molar-refractivity contribution in [2.45, 2.75) is 59.4 Å². The topological polar surface area (TPSA) is 15.3 Å². The molecular formula is C14H30N2. The van der Waals surface area contributed by atoms with E-state index in [-0.39, 0.29) is 0 Å². The van der Waals surface area contributed by atoms with Crippen LogP contribution in [0.2, 0.25) is 0 Å². The summed E-state index contributed by atoms with van der Waals surface area (Å²) in [7, 11) is 0. The van der Waals surface area contributed by atoms with Gasteiger partial charge < -0.3 is 10.2 Å². The van der Waals surface area contributed by atoms with Gasteiger partial charge in [0.25, 0.3) is 0 Å². The molecule has 1 saturated heterocycles. The molecule has 1 aliphatic rings. The Morgan fingerprint density at radius 1 is 1.12 bits per heavy atom. The fourth-order valence-corrected chi connectivity index (χ4v) is 2.29. The molecule has 0 spiro atoms. The molecule has 0 aromatic carbocycles. The van der Waals surface area contributed by atoms with Gasteiger partial charge in [-0.25, -0.2) is 0 Å². The standard InChI is InChI=1S/C14H30N2/c1-13(15-9-8-14(2,3)4)12-16-10-6-5-7-11-16/h13,15H,5-12H2,1-4H3. The fraction of sp³-hybridized carbons (Fsp3) is 1.00. The zero-order chi connectivity index (χ0) is 12.0. The first kappa shape index (κ1) is 14.0. The SMILES string of the molecule is CC(CN1CCCCC1)NCCC(C)(C)C. The average Bonchev–Trinajstić information content (AvgIpc) is 2.17. The minimum absolute atomic E-state index is 0.456. The van der Waals surface area contributed by atoms with Crippen molar-refractivity contribution >= 4 is 0 Å². The minimum Gasteiger partial charge on any atom is -0.313 e. The third kappa shape index (κ3) is 6.49. The van der Waals surface area contributed by atoms with Crippen molar-refractivity contribution in [3.05, 3.63) is 0 Å². The number of likely N-dealkylation sites (tertiary alicyclic amines) is 1. The molecule has 2 heteroatoms. The van der Waals surface area contributed by atoms with Crippen molar-refractivity contribution in [1.29, 1.82) is 0 Å². The van der Waals surface area contributed by atoms with Gasteiger partial charge in [-0.3, -0.25) is 0 Å². The van der Waals surface area contributed by atoms with E-state index in [9.17, 15) is 0 Å². The smallest absolute Gasteiger partial charge is 0.0166 e. The van der Waals surface area contributed by atoms with Crippen LogP contribution >= 0.6 is 0 Å². The van der Waals surface area contributed by atoms with E-state index in [1.165, 1.54) is 45.3 Å². The zero-order valence-electron chi connectivity index (χ0n) is 11.7. The molecule has 1 aliphatic heterocycles. The summed E-state index contributed by atoms with van der Waals surface area (Å²) in [6.07, 6.45) is 5.49. The van der Waals surface area contributed by atoms with E-state index in [0.29, 0.717) is 11.5 Å².